The molecule has 0 unspecified atom stereocenters. The fourth-order valence-corrected chi connectivity index (χ4v) is 2.91. The van der Waals surface area contributed by atoms with Crippen molar-refractivity contribution in [2.24, 2.45) is 23.5 Å². The Hall–Kier alpha value is -2.69. The minimum absolute atomic E-state index is 0.00467. The van der Waals surface area contributed by atoms with E-state index in [4.69, 9.17) is 10.8 Å². The topological polar surface area (TPSA) is 188 Å². The zero-order chi connectivity index (χ0) is 25.2. The van der Waals surface area contributed by atoms with Crippen molar-refractivity contribution in [3.05, 3.63) is 0 Å². The van der Waals surface area contributed by atoms with Crippen molar-refractivity contribution in [3.8, 4) is 0 Å². The molecule has 7 N–H and O–H groups in total. The zero-order valence-electron chi connectivity index (χ0n) is 19.7. The lowest BCUT2D eigenvalue weighted by atomic mass is 9.97. The molecule has 0 heterocycles. The first-order valence-corrected chi connectivity index (χ1v) is 10.8. The average Bonchev–Trinajstić information content (AvgIpc) is 2.68. The number of carbonyl (C=O) groups excluding carboxylic acids is 3. The molecule has 0 spiro atoms. The van der Waals surface area contributed by atoms with Crippen molar-refractivity contribution >= 4 is 29.7 Å². The van der Waals surface area contributed by atoms with E-state index in [1.807, 2.05) is 27.7 Å². The Morgan fingerprint density at radius 3 is 1.72 bits per heavy atom. The molecule has 5 atom stereocenters. The Bertz CT molecular complexity index is 681. The van der Waals surface area contributed by atoms with E-state index < -0.39 is 66.2 Å². The molecule has 184 valence electrons. The molecule has 11 nitrogen and oxygen atoms in total. The largest absolute Gasteiger partial charge is 0.481 e. The second kappa shape index (κ2) is 13.7. The number of carboxylic acid groups (broad SMARTS) is 2. The van der Waals surface area contributed by atoms with Crippen LogP contribution < -0.4 is 21.7 Å². The van der Waals surface area contributed by atoms with E-state index in [-0.39, 0.29) is 18.3 Å². The molecular weight excluding hydrogens is 420 g/mol. The first kappa shape index (κ1) is 29.3. The van der Waals surface area contributed by atoms with Crippen molar-refractivity contribution in [1.82, 2.24) is 16.0 Å². The summed E-state index contributed by atoms with van der Waals surface area (Å²) in [6.45, 7) is 10.5. The zero-order valence-corrected chi connectivity index (χ0v) is 19.7. The SMILES string of the molecule is CC[C@H](C)[C@H](N)C(=O)N[C@@H](CC(C)C)C(=O)N[C@@H](CC(=O)O)C(=O)N[C@H](C(=O)O)C(C)C. The number of aliphatic carboxylic acids is 2. The summed E-state index contributed by atoms with van der Waals surface area (Å²) in [7, 11) is 0. The lowest BCUT2D eigenvalue weighted by Gasteiger charge is -2.27. The minimum atomic E-state index is -1.52. The van der Waals surface area contributed by atoms with Crippen molar-refractivity contribution < 1.29 is 34.2 Å². The molecule has 32 heavy (non-hydrogen) atoms. The molecule has 0 aliphatic rings. The summed E-state index contributed by atoms with van der Waals surface area (Å²) in [6, 6.07) is -4.64. The Balaban J connectivity index is 5.56. The number of nitrogens with one attached hydrogen (secondary N) is 3. The Labute approximate surface area is 188 Å². The third-order valence-corrected chi connectivity index (χ3v) is 5.14. The second-order valence-corrected chi connectivity index (χ2v) is 8.83. The molecule has 0 aromatic rings. The van der Waals surface area contributed by atoms with E-state index in [1.165, 1.54) is 0 Å². The number of rotatable bonds is 14. The van der Waals surface area contributed by atoms with Crippen molar-refractivity contribution in [3.63, 3.8) is 0 Å². The Morgan fingerprint density at radius 1 is 0.812 bits per heavy atom. The minimum Gasteiger partial charge on any atom is -0.481 e. The van der Waals surface area contributed by atoms with Crippen LogP contribution in [-0.2, 0) is 24.0 Å². The van der Waals surface area contributed by atoms with Gasteiger partial charge >= 0.3 is 11.9 Å². The maximum Gasteiger partial charge on any atom is 0.326 e. The number of carboxylic acids is 2. The summed E-state index contributed by atoms with van der Waals surface area (Å²) in [5, 5.41) is 25.6. The monoisotopic (exact) mass is 458 g/mol. The second-order valence-electron chi connectivity index (χ2n) is 8.83. The molecule has 0 bridgehead atoms. The molecule has 0 aromatic heterocycles. The third-order valence-electron chi connectivity index (χ3n) is 5.14. The fourth-order valence-electron chi connectivity index (χ4n) is 2.91. The van der Waals surface area contributed by atoms with Crippen LogP contribution in [0, 0.1) is 17.8 Å². The summed E-state index contributed by atoms with van der Waals surface area (Å²) in [4.78, 5) is 60.5. The van der Waals surface area contributed by atoms with Gasteiger partial charge in [0.2, 0.25) is 17.7 Å². The normalized spacial score (nSPS) is 15.9. The standard InChI is InChI=1S/C21H38N4O7/c1-7-12(6)16(22)20(30)24-13(8-10(2)3)18(28)23-14(9-15(26)27)19(29)25-17(11(4)5)21(31)32/h10-14,16-17H,7-9,22H2,1-6H3,(H,23,28)(H,24,30)(H,25,29)(H,26,27)(H,31,32)/t12-,13-,14-,16-,17-/m0/s1. The molecule has 0 saturated heterocycles. The van der Waals surface area contributed by atoms with Gasteiger partial charge in [-0.3, -0.25) is 19.2 Å². The van der Waals surface area contributed by atoms with Gasteiger partial charge in [-0.25, -0.2) is 4.79 Å². The van der Waals surface area contributed by atoms with E-state index in [9.17, 15) is 29.1 Å². The number of hydrogen-bond donors (Lipinski definition) is 6. The summed E-state index contributed by atoms with van der Waals surface area (Å²) < 4.78 is 0. The maximum atomic E-state index is 12.9. The molecule has 0 fully saturated rings. The van der Waals surface area contributed by atoms with Crippen LogP contribution in [0.1, 0.15) is 60.8 Å². The molecular formula is C21H38N4O7. The molecule has 0 aliphatic carbocycles. The van der Waals surface area contributed by atoms with Gasteiger partial charge < -0.3 is 31.9 Å². The van der Waals surface area contributed by atoms with E-state index in [1.54, 1.807) is 13.8 Å². The van der Waals surface area contributed by atoms with Crippen molar-refractivity contribution in [1.29, 1.82) is 0 Å². The molecule has 0 rings (SSSR count). The van der Waals surface area contributed by atoms with Gasteiger partial charge in [-0.1, -0.05) is 48.0 Å². The lowest BCUT2D eigenvalue weighted by Crippen LogP contribution is -2.58. The van der Waals surface area contributed by atoms with Gasteiger partial charge in [-0.05, 0) is 24.2 Å². The molecule has 0 aromatic carbocycles. The van der Waals surface area contributed by atoms with Gasteiger partial charge in [0.05, 0.1) is 12.5 Å². The fraction of sp³-hybridized carbons (Fsp3) is 0.762. The highest BCUT2D eigenvalue weighted by Gasteiger charge is 2.33. The van der Waals surface area contributed by atoms with Gasteiger partial charge in [-0.2, -0.15) is 0 Å². The number of nitrogens with two attached hydrogens (primary N) is 1. The summed E-state index contributed by atoms with van der Waals surface area (Å²) in [6.07, 6.45) is 0.143. The summed E-state index contributed by atoms with van der Waals surface area (Å²) in [5.74, 6) is -5.43. The van der Waals surface area contributed by atoms with Crippen LogP contribution in [0.15, 0.2) is 0 Å². The molecule has 11 heteroatoms. The van der Waals surface area contributed by atoms with Crippen LogP contribution in [0.5, 0.6) is 0 Å². The van der Waals surface area contributed by atoms with Crippen LogP contribution in [0.3, 0.4) is 0 Å². The van der Waals surface area contributed by atoms with E-state index >= 15 is 0 Å². The highest BCUT2D eigenvalue weighted by Crippen LogP contribution is 2.10. The highest BCUT2D eigenvalue weighted by molar-refractivity contribution is 5.95. The van der Waals surface area contributed by atoms with Crippen LogP contribution in [-0.4, -0.2) is 64.0 Å². The first-order chi connectivity index (χ1) is 14.7. The van der Waals surface area contributed by atoms with E-state index in [0.717, 1.165) is 0 Å². The number of hydrogen-bond acceptors (Lipinski definition) is 6. The van der Waals surface area contributed by atoms with Crippen LogP contribution >= 0.6 is 0 Å². The third kappa shape index (κ3) is 10.1. The van der Waals surface area contributed by atoms with Gasteiger partial charge in [0, 0.05) is 0 Å². The van der Waals surface area contributed by atoms with Gasteiger partial charge in [0.15, 0.2) is 0 Å². The van der Waals surface area contributed by atoms with Crippen LogP contribution in [0.2, 0.25) is 0 Å². The van der Waals surface area contributed by atoms with Gasteiger partial charge in [0.25, 0.3) is 0 Å². The van der Waals surface area contributed by atoms with Gasteiger partial charge in [-0.15, -0.1) is 0 Å². The predicted molar refractivity (Wildman–Crippen MR) is 117 cm³/mol. The number of amides is 3. The first-order valence-electron chi connectivity index (χ1n) is 10.8. The molecule has 0 radical (unpaired) electrons. The van der Waals surface area contributed by atoms with E-state index in [2.05, 4.69) is 16.0 Å². The summed E-state index contributed by atoms with van der Waals surface area (Å²) in [5.41, 5.74) is 5.94. The number of carbonyl (C=O) groups is 5. The maximum absolute atomic E-state index is 12.9. The summed E-state index contributed by atoms with van der Waals surface area (Å²) >= 11 is 0. The van der Waals surface area contributed by atoms with Crippen molar-refractivity contribution in [2.45, 2.75) is 85.0 Å². The average molecular weight is 459 g/mol. The van der Waals surface area contributed by atoms with Crippen molar-refractivity contribution in [2.75, 3.05) is 0 Å². The van der Waals surface area contributed by atoms with Crippen LogP contribution in [0.4, 0.5) is 0 Å². The Morgan fingerprint density at radius 2 is 1.31 bits per heavy atom. The van der Waals surface area contributed by atoms with Gasteiger partial charge in [0.1, 0.15) is 18.1 Å². The van der Waals surface area contributed by atoms with Crippen LogP contribution in [0.25, 0.3) is 0 Å². The Kier molecular flexibility index (Phi) is 12.5. The smallest absolute Gasteiger partial charge is 0.326 e. The van der Waals surface area contributed by atoms with E-state index in [0.29, 0.717) is 6.42 Å². The molecule has 0 saturated carbocycles. The predicted octanol–water partition coefficient (Wildman–Crippen LogP) is 0.0756. The molecule has 0 aliphatic heterocycles. The lowest BCUT2D eigenvalue weighted by molar-refractivity contribution is -0.144. The molecule has 3 amide bonds. The quantitative estimate of drug-likeness (QED) is 0.211. The highest BCUT2D eigenvalue weighted by atomic mass is 16.4.